The number of carbonyl (C=O) groups excluding carboxylic acids is 1. The zero-order chi connectivity index (χ0) is 12.1. The van der Waals surface area contributed by atoms with Gasteiger partial charge in [-0.25, -0.2) is 4.79 Å². The lowest BCUT2D eigenvalue weighted by Gasteiger charge is -2.14. The fourth-order valence-electron chi connectivity index (χ4n) is 2.03. The van der Waals surface area contributed by atoms with Crippen molar-refractivity contribution in [2.45, 2.75) is 19.4 Å². The molecule has 0 spiro atoms. The highest BCUT2D eigenvalue weighted by Gasteiger charge is 2.23. The van der Waals surface area contributed by atoms with Crippen LogP contribution in [-0.4, -0.2) is 36.7 Å². The molecular weight excluding hydrogens is 216 g/mol. The zero-order valence-corrected chi connectivity index (χ0v) is 10.1. The summed E-state index contributed by atoms with van der Waals surface area (Å²) in [5.41, 5.74) is 0. The Hall–Kier alpha value is -1.55. The van der Waals surface area contributed by atoms with Gasteiger partial charge in [-0.05, 0) is 25.1 Å². The molecule has 1 aliphatic heterocycles. The zero-order valence-electron chi connectivity index (χ0n) is 10.1. The number of hydrogen-bond donors (Lipinski definition) is 1. The number of likely N-dealkylation sites (N-methyl/N-ethyl adjacent to an activating group) is 1. The Morgan fingerprint density at radius 2 is 2.24 bits per heavy atom. The van der Waals surface area contributed by atoms with Crippen LogP contribution in [0.4, 0.5) is 4.79 Å². The first-order chi connectivity index (χ1) is 8.28. The molecular formula is C13H18N2O2. The van der Waals surface area contributed by atoms with Gasteiger partial charge >= 0.3 is 6.09 Å². The molecule has 0 aliphatic carbocycles. The van der Waals surface area contributed by atoms with E-state index in [1.54, 1.807) is 12.1 Å². The van der Waals surface area contributed by atoms with Gasteiger partial charge in [0.25, 0.3) is 0 Å². The molecule has 0 bridgehead atoms. The average molecular weight is 234 g/mol. The number of para-hydroxylation sites is 1. The summed E-state index contributed by atoms with van der Waals surface area (Å²) < 4.78 is 5.18. The highest BCUT2D eigenvalue weighted by atomic mass is 16.6. The lowest BCUT2D eigenvalue weighted by Crippen LogP contribution is -2.38. The van der Waals surface area contributed by atoms with E-state index in [1.807, 2.05) is 18.2 Å². The molecule has 1 heterocycles. The number of hydrogen-bond acceptors (Lipinski definition) is 3. The van der Waals surface area contributed by atoms with Gasteiger partial charge < -0.3 is 15.0 Å². The Morgan fingerprint density at radius 3 is 2.88 bits per heavy atom. The first-order valence-corrected chi connectivity index (χ1v) is 6.03. The van der Waals surface area contributed by atoms with Gasteiger partial charge in [-0.1, -0.05) is 25.1 Å². The van der Waals surface area contributed by atoms with Gasteiger partial charge in [0.2, 0.25) is 0 Å². The van der Waals surface area contributed by atoms with Gasteiger partial charge in [-0.15, -0.1) is 0 Å². The van der Waals surface area contributed by atoms with Gasteiger partial charge in [0.05, 0.1) is 0 Å². The van der Waals surface area contributed by atoms with Crippen molar-refractivity contribution in [2.24, 2.45) is 0 Å². The molecule has 0 saturated carbocycles. The predicted molar refractivity (Wildman–Crippen MR) is 66.1 cm³/mol. The van der Waals surface area contributed by atoms with Crippen molar-refractivity contribution in [1.82, 2.24) is 10.2 Å². The van der Waals surface area contributed by atoms with E-state index >= 15 is 0 Å². The van der Waals surface area contributed by atoms with Crippen LogP contribution in [0.1, 0.15) is 13.3 Å². The van der Waals surface area contributed by atoms with Crippen molar-refractivity contribution < 1.29 is 9.53 Å². The lowest BCUT2D eigenvalue weighted by molar-refractivity contribution is 0.196. The molecule has 1 amide bonds. The van der Waals surface area contributed by atoms with E-state index in [0.717, 1.165) is 26.1 Å². The van der Waals surface area contributed by atoms with E-state index in [0.29, 0.717) is 5.75 Å². The summed E-state index contributed by atoms with van der Waals surface area (Å²) in [5.74, 6) is 0.579. The topological polar surface area (TPSA) is 41.6 Å². The number of rotatable bonds is 3. The van der Waals surface area contributed by atoms with E-state index in [-0.39, 0.29) is 12.1 Å². The Balaban J connectivity index is 1.78. The molecule has 1 fully saturated rings. The molecule has 92 valence electrons. The average Bonchev–Trinajstić information content (AvgIpc) is 2.78. The number of amides is 1. The van der Waals surface area contributed by atoms with Crippen LogP contribution < -0.4 is 10.1 Å². The van der Waals surface area contributed by atoms with Crippen LogP contribution in [0.3, 0.4) is 0 Å². The van der Waals surface area contributed by atoms with E-state index in [1.165, 1.54) is 0 Å². The number of benzene rings is 1. The van der Waals surface area contributed by atoms with Crippen molar-refractivity contribution in [3.05, 3.63) is 30.3 Å². The Morgan fingerprint density at radius 1 is 1.47 bits per heavy atom. The fourth-order valence-corrected chi connectivity index (χ4v) is 2.03. The maximum atomic E-state index is 11.6. The summed E-state index contributed by atoms with van der Waals surface area (Å²) in [6.07, 6.45) is 0.636. The van der Waals surface area contributed by atoms with Crippen molar-refractivity contribution in [2.75, 3.05) is 19.6 Å². The minimum absolute atomic E-state index is 0.214. The standard InChI is InChI=1S/C13H18N2O2/c1-2-15-9-8-11(10-15)14-13(16)17-12-6-4-3-5-7-12/h3-7,11H,2,8-10H2,1H3,(H,14,16). The second kappa shape index (κ2) is 5.68. The number of nitrogens with one attached hydrogen (secondary N) is 1. The molecule has 1 N–H and O–H groups in total. The minimum atomic E-state index is -0.362. The Kier molecular flexibility index (Phi) is 3.98. The molecule has 1 aromatic carbocycles. The fraction of sp³-hybridized carbons (Fsp3) is 0.462. The summed E-state index contributed by atoms with van der Waals surface area (Å²) in [5, 5.41) is 2.89. The van der Waals surface area contributed by atoms with E-state index in [9.17, 15) is 4.79 Å². The lowest BCUT2D eigenvalue weighted by atomic mass is 10.3. The second-order valence-corrected chi connectivity index (χ2v) is 4.23. The van der Waals surface area contributed by atoms with Gasteiger partial charge in [0.15, 0.2) is 0 Å². The van der Waals surface area contributed by atoms with Crippen LogP contribution >= 0.6 is 0 Å². The van der Waals surface area contributed by atoms with Crippen LogP contribution in [0.5, 0.6) is 5.75 Å². The molecule has 0 aromatic heterocycles. The molecule has 4 nitrogen and oxygen atoms in total. The molecule has 0 radical (unpaired) electrons. The summed E-state index contributed by atoms with van der Waals surface area (Å²) in [4.78, 5) is 13.9. The van der Waals surface area contributed by atoms with E-state index < -0.39 is 0 Å². The third-order valence-corrected chi connectivity index (χ3v) is 3.00. The van der Waals surface area contributed by atoms with Crippen molar-refractivity contribution in [3.8, 4) is 5.75 Å². The monoisotopic (exact) mass is 234 g/mol. The minimum Gasteiger partial charge on any atom is -0.410 e. The Bertz CT molecular complexity index is 367. The van der Waals surface area contributed by atoms with Crippen LogP contribution in [0.25, 0.3) is 0 Å². The first-order valence-electron chi connectivity index (χ1n) is 6.03. The highest BCUT2D eigenvalue weighted by molar-refractivity contribution is 5.70. The number of ether oxygens (including phenoxy) is 1. The predicted octanol–water partition coefficient (Wildman–Crippen LogP) is 1.87. The summed E-state index contributed by atoms with van der Waals surface area (Å²) in [6.45, 7) is 5.13. The molecule has 4 heteroatoms. The molecule has 1 aliphatic rings. The Labute approximate surface area is 102 Å². The van der Waals surface area contributed by atoms with Crippen LogP contribution in [-0.2, 0) is 0 Å². The summed E-state index contributed by atoms with van der Waals surface area (Å²) in [7, 11) is 0. The smallest absolute Gasteiger partial charge is 0.410 e. The number of carbonyl (C=O) groups is 1. The molecule has 2 rings (SSSR count). The first kappa shape index (κ1) is 11.9. The third kappa shape index (κ3) is 3.46. The van der Waals surface area contributed by atoms with Crippen LogP contribution in [0, 0.1) is 0 Å². The summed E-state index contributed by atoms with van der Waals surface area (Å²) >= 11 is 0. The quantitative estimate of drug-likeness (QED) is 0.868. The van der Waals surface area contributed by atoms with Gasteiger partial charge in [0, 0.05) is 19.1 Å². The number of nitrogens with zero attached hydrogens (tertiary/aromatic N) is 1. The van der Waals surface area contributed by atoms with Crippen molar-refractivity contribution >= 4 is 6.09 Å². The van der Waals surface area contributed by atoms with E-state index in [4.69, 9.17) is 4.74 Å². The SMILES string of the molecule is CCN1CCC(NC(=O)Oc2ccccc2)C1. The molecule has 1 atom stereocenters. The van der Waals surface area contributed by atoms with Crippen LogP contribution in [0.2, 0.25) is 0 Å². The maximum absolute atomic E-state index is 11.6. The molecule has 1 unspecified atom stereocenters. The second-order valence-electron chi connectivity index (χ2n) is 4.23. The van der Waals surface area contributed by atoms with Gasteiger partial charge in [-0.3, -0.25) is 0 Å². The molecule has 17 heavy (non-hydrogen) atoms. The van der Waals surface area contributed by atoms with Crippen molar-refractivity contribution in [1.29, 1.82) is 0 Å². The largest absolute Gasteiger partial charge is 0.412 e. The normalized spacial score (nSPS) is 20.2. The third-order valence-electron chi connectivity index (χ3n) is 3.00. The number of likely N-dealkylation sites (tertiary alicyclic amines) is 1. The van der Waals surface area contributed by atoms with Crippen molar-refractivity contribution in [3.63, 3.8) is 0 Å². The highest BCUT2D eigenvalue weighted by Crippen LogP contribution is 2.11. The van der Waals surface area contributed by atoms with E-state index in [2.05, 4.69) is 17.1 Å². The maximum Gasteiger partial charge on any atom is 0.412 e. The molecule has 1 aromatic rings. The molecule has 1 saturated heterocycles. The van der Waals surface area contributed by atoms with Gasteiger partial charge in [0.1, 0.15) is 5.75 Å². The summed E-state index contributed by atoms with van der Waals surface area (Å²) in [6, 6.07) is 9.33. The van der Waals surface area contributed by atoms with Crippen LogP contribution in [0.15, 0.2) is 30.3 Å². The van der Waals surface area contributed by atoms with Gasteiger partial charge in [-0.2, -0.15) is 0 Å².